The van der Waals surface area contributed by atoms with Crippen molar-refractivity contribution in [3.63, 3.8) is 0 Å². The minimum Gasteiger partial charge on any atom is -0.453 e. The van der Waals surface area contributed by atoms with Crippen molar-refractivity contribution in [3.05, 3.63) is 0 Å². The standard InChI is InChI=1S/C7H12N2O2/c1-11-7(10)9-4-5-2-6(9)3-8-5/h5-6,8H,2-4H2,1H3/t5-,6-/m1/s1. The second kappa shape index (κ2) is 2.37. The lowest BCUT2D eigenvalue weighted by Gasteiger charge is -2.25. The molecule has 0 aromatic carbocycles. The molecule has 4 nitrogen and oxygen atoms in total. The van der Waals surface area contributed by atoms with Crippen molar-refractivity contribution in [2.75, 3.05) is 20.2 Å². The van der Waals surface area contributed by atoms with Crippen LogP contribution >= 0.6 is 0 Å². The molecule has 2 aliphatic heterocycles. The Labute approximate surface area is 65.5 Å². The molecule has 2 aliphatic rings. The molecule has 1 amide bonds. The Morgan fingerprint density at radius 1 is 1.73 bits per heavy atom. The number of amides is 1. The van der Waals surface area contributed by atoms with Gasteiger partial charge in [-0.15, -0.1) is 0 Å². The summed E-state index contributed by atoms with van der Waals surface area (Å²) in [6, 6.07) is 0.895. The van der Waals surface area contributed by atoms with Gasteiger partial charge in [-0.05, 0) is 6.42 Å². The summed E-state index contributed by atoms with van der Waals surface area (Å²) in [5, 5.41) is 3.32. The lowest BCUT2D eigenvalue weighted by molar-refractivity contribution is 0.113. The van der Waals surface area contributed by atoms with E-state index < -0.39 is 0 Å². The number of rotatable bonds is 0. The topological polar surface area (TPSA) is 41.6 Å². The summed E-state index contributed by atoms with van der Waals surface area (Å²) < 4.78 is 4.65. The molecule has 2 bridgehead atoms. The van der Waals surface area contributed by atoms with Crippen molar-refractivity contribution < 1.29 is 9.53 Å². The third kappa shape index (κ3) is 0.976. The Morgan fingerprint density at radius 2 is 2.55 bits per heavy atom. The first-order chi connectivity index (χ1) is 5.31. The number of likely N-dealkylation sites (tertiary alicyclic amines) is 1. The van der Waals surface area contributed by atoms with Crippen LogP contribution in [0.3, 0.4) is 0 Å². The number of hydrogen-bond acceptors (Lipinski definition) is 3. The van der Waals surface area contributed by atoms with Gasteiger partial charge in [-0.3, -0.25) is 0 Å². The molecule has 1 N–H and O–H groups in total. The Hall–Kier alpha value is -0.770. The van der Waals surface area contributed by atoms with Crippen LogP contribution in [0.5, 0.6) is 0 Å². The molecular weight excluding hydrogens is 144 g/mol. The molecule has 0 radical (unpaired) electrons. The van der Waals surface area contributed by atoms with Crippen molar-refractivity contribution in [3.8, 4) is 0 Å². The van der Waals surface area contributed by atoms with E-state index in [-0.39, 0.29) is 6.09 Å². The van der Waals surface area contributed by atoms with Crippen molar-refractivity contribution >= 4 is 6.09 Å². The number of nitrogens with one attached hydrogen (secondary N) is 1. The predicted molar refractivity (Wildman–Crippen MR) is 39.3 cm³/mol. The SMILES string of the molecule is COC(=O)N1C[C@H]2C[C@@H]1CN2. The van der Waals surface area contributed by atoms with Gasteiger partial charge < -0.3 is 15.0 Å². The molecule has 0 saturated carbocycles. The van der Waals surface area contributed by atoms with E-state index in [0.717, 1.165) is 19.5 Å². The largest absolute Gasteiger partial charge is 0.453 e. The molecule has 2 heterocycles. The van der Waals surface area contributed by atoms with Crippen molar-refractivity contribution in [1.82, 2.24) is 10.2 Å². The smallest absolute Gasteiger partial charge is 0.409 e. The third-order valence-corrected chi connectivity index (χ3v) is 2.47. The fourth-order valence-corrected chi connectivity index (χ4v) is 1.90. The highest BCUT2D eigenvalue weighted by Gasteiger charge is 2.40. The van der Waals surface area contributed by atoms with Crippen LogP contribution in [0.25, 0.3) is 0 Å². The van der Waals surface area contributed by atoms with Crippen LogP contribution in [0.15, 0.2) is 0 Å². The van der Waals surface area contributed by atoms with Gasteiger partial charge in [0, 0.05) is 25.2 Å². The van der Waals surface area contributed by atoms with Gasteiger partial charge in [0.2, 0.25) is 0 Å². The van der Waals surface area contributed by atoms with Gasteiger partial charge >= 0.3 is 6.09 Å². The van der Waals surface area contributed by atoms with E-state index in [0.29, 0.717) is 12.1 Å². The average Bonchev–Trinajstić information content (AvgIpc) is 2.62. The highest BCUT2D eigenvalue weighted by Crippen LogP contribution is 2.23. The maximum absolute atomic E-state index is 11.1. The second-order valence-corrected chi connectivity index (χ2v) is 3.12. The zero-order valence-electron chi connectivity index (χ0n) is 6.54. The summed E-state index contributed by atoms with van der Waals surface area (Å²) in [4.78, 5) is 12.9. The zero-order chi connectivity index (χ0) is 7.84. The number of ether oxygens (including phenoxy) is 1. The molecule has 0 aromatic heterocycles. The molecule has 62 valence electrons. The van der Waals surface area contributed by atoms with Gasteiger partial charge in [0.05, 0.1) is 7.11 Å². The summed E-state index contributed by atoms with van der Waals surface area (Å²) in [5.74, 6) is 0. The Balaban J connectivity index is 2.02. The van der Waals surface area contributed by atoms with Crippen molar-refractivity contribution in [2.24, 2.45) is 0 Å². The van der Waals surface area contributed by atoms with Gasteiger partial charge in [0.1, 0.15) is 0 Å². The number of methoxy groups -OCH3 is 1. The van der Waals surface area contributed by atoms with Crippen LogP contribution in [0.2, 0.25) is 0 Å². The Kier molecular flexibility index (Phi) is 1.49. The second-order valence-electron chi connectivity index (χ2n) is 3.12. The summed E-state index contributed by atoms with van der Waals surface area (Å²) in [7, 11) is 1.43. The molecule has 0 spiro atoms. The fourth-order valence-electron chi connectivity index (χ4n) is 1.90. The Morgan fingerprint density at radius 3 is 3.00 bits per heavy atom. The van der Waals surface area contributed by atoms with Crippen LogP contribution in [0, 0.1) is 0 Å². The molecule has 4 heteroatoms. The highest BCUT2D eigenvalue weighted by atomic mass is 16.5. The zero-order valence-corrected chi connectivity index (χ0v) is 6.54. The summed E-state index contributed by atoms with van der Waals surface area (Å²) in [6.07, 6.45) is 0.911. The molecule has 2 saturated heterocycles. The molecule has 2 atom stereocenters. The first-order valence-corrected chi connectivity index (χ1v) is 3.89. The molecule has 0 unspecified atom stereocenters. The van der Waals surface area contributed by atoms with Crippen LogP contribution in [0.1, 0.15) is 6.42 Å². The molecular formula is C7H12N2O2. The summed E-state index contributed by atoms with van der Waals surface area (Å²) in [6.45, 7) is 1.75. The van der Waals surface area contributed by atoms with Crippen LogP contribution in [0.4, 0.5) is 4.79 Å². The van der Waals surface area contributed by atoms with Crippen LogP contribution in [-0.2, 0) is 4.74 Å². The normalized spacial score (nSPS) is 34.5. The maximum atomic E-state index is 11.1. The fraction of sp³-hybridized carbons (Fsp3) is 0.857. The van der Waals surface area contributed by atoms with Crippen molar-refractivity contribution in [2.45, 2.75) is 18.5 Å². The summed E-state index contributed by atoms with van der Waals surface area (Å²) >= 11 is 0. The molecule has 0 aliphatic carbocycles. The van der Waals surface area contributed by atoms with Crippen LogP contribution in [-0.4, -0.2) is 43.3 Å². The van der Waals surface area contributed by atoms with E-state index in [1.54, 1.807) is 4.90 Å². The number of piperazine rings is 1. The quantitative estimate of drug-likeness (QED) is 0.528. The minimum absolute atomic E-state index is 0.181. The number of carbonyl (C=O) groups excluding carboxylic acids is 1. The van der Waals surface area contributed by atoms with E-state index in [1.165, 1.54) is 7.11 Å². The molecule has 2 fully saturated rings. The van der Waals surface area contributed by atoms with Crippen LogP contribution < -0.4 is 5.32 Å². The van der Waals surface area contributed by atoms with E-state index in [9.17, 15) is 4.79 Å². The van der Waals surface area contributed by atoms with Crippen molar-refractivity contribution in [1.29, 1.82) is 0 Å². The monoisotopic (exact) mass is 156 g/mol. The number of hydrogen-bond donors (Lipinski definition) is 1. The highest BCUT2D eigenvalue weighted by molar-refractivity contribution is 5.68. The average molecular weight is 156 g/mol. The predicted octanol–water partition coefficient (Wildman–Crippen LogP) is -0.201. The number of nitrogens with zero attached hydrogens (tertiary/aromatic N) is 1. The molecule has 0 aromatic rings. The van der Waals surface area contributed by atoms with Gasteiger partial charge in [0.25, 0.3) is 0 Å². The maximum Gasteiger partial charge on any atom is 0.409 e. The Bertz CT molecular complexity index is 183. The van der Waals surface area contributed by atoms with E-state index in [1.807, 2.05) is 0 Å². The van der Waals surface area contributed by atoms with Gasteiger partial charge in [-0.2, -0.15) is 0 Å². The third-order valence-electron chi connectivity index (χ3n) is 2.47. The summed E-state index contributed by atoms with van der Waals surface area (Å²) in [5.41, 5.74) is 0. The van der Waals surface area contributed by atoms with E-state index in [4.69, 9.17) is 0 Å². The number of fused-ring (bicyclic) bond motifs is 2. The van der Waals surface area contributed by atoms with Gasteiger partial charge in [0.15, 0.2) is 0 Å². The first-order valence-electron chi connectivity index (χ1n) is 3.89. The molecule has 2 rings (SSSR count). The van der Waals surface area contributed by atoms with Gasteiger partial charge in [-0.25, -0.2) is 4.79 Å². The van der Waals surface area contributed by atoms with E-state index in [2.05, 4.69) is 10.1 Å². The first kappa shape index (κ1) is 6.91. The number of carbonyl (C=O) groups is 1. The molecule has 11 heavy (non-hydrogen) atoms. The lowest BCUT2D eigenvalue weighted by Crippen LogP contribution is -2.46. The van der Waals surface area contributed by atoms with Gasteiger partial charge in [-0.1, -0.05) is 0 Å². The minimum atomic E-state index is -0.181. The van der Waals surface area contributed by atoms with E-state index >= 15 is 0 Å². The lowest BCUT2D eigenvalue weighted by atomic mass is 10.2.